The number of methoxy groups -OCH3 is 1. The zero-order chi connectivity index (χ0) is 39.5. The number of fused-ring (bicyclic) bond motifs is 2. The lowest BCUT2D eigenvalue weighted by atomic mass is 9.96. The van der Waals surface area contributed by atoms with E-state index in [9.17, 15) is 19.2 Å². The van der Waals surface area contributed by atoms with Gasteiger partial charge in [-0.3, -0.25) is 14.5 Å². The fourth-order valence-corrected chi connectivity index (χ4v) is 8.06. The summed E-state index contributed by atoms with van der Waals surface area (Å²) in [4.78, 5) is 57.0. The minimum atomic E-state index is -1.06. The van der Waals surface area contributed by atoms with E-state index >= 15 is 0 Å². The molecule has 6 rings (SSSR count). The van der Waals surface area contributed by atoms with Gasteiger partial charge in [0, 0.05) is 48.2 Å². The zero-order valence-electron chi connectivity index (χ0n) is 32.4. The summed E-state index contributed by atoms with van der Waals surface area (Å²) >= 11 is 1.21. The number of nitrogens with zero attached hydrogens (tertiary/aromatic N) is 2. The third-order valence-corrected chi connectivity index (χ3v) is 10.3. The molecule has 1 atom stereocenters. The molecule has 2 aromatic heterocycles. The normalized spacial score (nSPS) is 14.6. The van der Waals surface area contributed by atoms with Crippen molar-refractivity contribution >= 4 is 51.0 Å². The molecule has 0 bridgehead atoms. The van der Waals surface area contributed by atoms with Crippen molar-refractivity contribution in [3.05, 3.63) is 118 Å². The van der Waals surface area contributed by atoms with Crippen LogP contribution in [0.25, 0.3) is 10.9 Å². The van der Waals surface area contributed by atoms with E-state index in [-0.39, 0.29) is 23.0 Å². The van der Waals surface area contributed by atoms with Crippen LogP contribution in [0.1, 0.15) is 89.9 Å². The Morgan fingerprint density at radius 3 is 2.15 bits per heavy atom. The fourth-order valence-electron chi connectivity index (χ4n) is 6.69. The molecule has 12 heteroatoms. The smallest absolute Gasteiger partial charge is 0.397 e. The Balaban J connectivity index is 1.36. The number of ether oxygens (including phenoxy) is 3. The summed E-state index contributed by atoms with van der Waals surface area (Å²) in [6.45, 7) is 12.2. The lowest BCUT2D eigenvalue weighted by Gasteiger charge is -2.36. The summed E-state index contributed by atoms with van der Waals surface area (Å²) in [7, 11) is 1.62. The third kappa shape index (κ3) is 9.44. The number of hydrogen-bond acceptors (Lipinski definition) is 9. The first kappa shape index (κ1) is 39.2. The van der Waals surface area contributed by atoms with Gasteiger partial charge >= 0.3 is 17.8 Å². The lowest BCUT2D eigenvalue weighted by Crippen LogP contribution is -2.41. The van der Waals surface area contributed by atoms with E-state index in [2.05, 4.69) is 32.2 Å². The summed E-state index contributed by atoms with van der Waals surface area (Å²) in [6.07, 6.45) is 2.36. The Morgan fingerprint density at radius 1 is 0.818 bits per heavy atom. The van der Waals surface area contributed by atoms with Gasteiger partial charge in [0.15, 0.2) is 0 Å². The maximum Gasteiger partial charge on any atom is 0.397 e. The Morgan fingerprint density at radius 2 is 1.47 bits per heavy atom. The van der Waals surface area contributed by atoms with Gasteiger partial charge in [-0.1, -0.05) is 60.7 Å². The Hall–Kier alpha value is -5.46. The fraction of sp³-hybridized carbons (Fsp3) is 0.349. The minimum absolute atomic E-state index is 0.196. The number of carbonyl (C=O) groups is 4. The molecular formula is C43H48N4O7S. The van der Waals surface area contributed by atoms with Crippen molar-refractivity contribution in [2.75, 3.05) is 25.5 Å². The number of carbonyl (C=O) groups excluding carboxylic acids is 4. The number of rotatable bonds is 10. The van der Waals surface area contributed by atoms with E-state index in [0.717, 1.165) is 32.7 Å². The van der Waals surface area contributed by atoms with E-state index < -0.39 is 35.1 Å². The average molecular weight is 765 g/mol. The van der Waals surface area contributed by atoms with Gasteiger partial charge in [-0.05, 0) is 82.9 Å². The summed E-state index contributed by atoms with van der Waals surface area (Å²) in [5.41, 5.74) is 2.86. The number of nitrogens with one attached hydrogen (secondary N) is 2. The molecule has 2 N–H and O–H groups in total. The van der Waals surface area contributed by atoms with Gasteiger partial charge in [0.25, 0.3) is 5.91 Å². The van der Waals surface area contributed by atoms with Crippen molar-refractivity contribution in [2.45, 2.75) is 78.3 Å². The second-order valence-corrected chi connectivity index (χ2v) is 16.6. The molecule has 0 aliphatic carbocycles. The molecule has 288 valence electrons. The van der Waals surface area contributed by atoms with Crippen molar-refractivity contribution in [3.63, 3.8) is 0 Å². The van der Waals surface area contributed by atoms with Crippen molar-refractivity contribution in [3.8, 4) is 5.75 Å². The van der Waals surface area contributed by atoms with Gasteiger partial charge in [-0.25, -0.2) is 9.59 Å². The molecule has 11 nitrogen and oxygen atoms in total. The Kier molecular flexibility index (Phi) is 11.5. The number of hydrogen-bond donors (Lipinski definition) is 2. The van der Waals surface area contributed by atoms with Crippen molar-refractivity contribution in [1.29, 1.82) is 0 Å². The topological polar surface area (TPSA) is 128 Å². The van der Waals surface area contributed by atoms with Crippen molar-refractivity contribution < 1.29 is 33.4 Å². The van der Waals surface area contributed by atoms with Crippen LogP contribution in [0.3, 0.4) is 0 Å². The highest BCUT2D eigenvalue weighted by molar-refractivity contribution is 7.17. The van der Waals surface area contributed by atoms with Gasteiger partial charge in [-0.15, -0.1) is 11.3 Å². The summed E-state index contributed by atoms with van der Waals surface area (Å²) in [6, 6.07) is 25.4. The Labute approximate surface area is 325 Å². The molecule has 2 amide bonds. The largest absolute Gasteiger partial charge is 0.497 e. The molecule has 55 heavy (non-hydrogen) atoms. The number of para-hydroxylation sites is 1. The first-order valence-corrected chi connectivity index (χ1v) is 19.1. The highest BCUT2D eigenvalue weighted by Gasteiger charge is 2.38. The number of esters is 2. The molecule has 3 aromatic carbocycles. The predicted molar refractivity (Wildman–Crippen MR) is 214 cm³/mol. The number of aromatic nitrogens is 1. The van der Waals surface area contributed by atoms with E-state index in [1.807, 2.05) is 72.9 Å². The van der Waals surface area contributed by atoms with Gasteiger partial charge in [0.1, 0.15) is 22.0 Å². The number of anilines is 1. The molecular weight excluding hydrogens is 717 g/mol. The van der Waals surface area contributed by atoms with Crippen LogP contribution in [0.5, 0.6) is 5.75 Å². The maximum atomic E-state index is 14.2. The molecule has 0 spiro atoms. The van der Waals surface area contributed by atoms with Gasteiger partial charge in [-0.2, -0.15) is 0 Å². The standard InChI is InChI=1S/C43H48N4O7S/c1-42(2,3)53-40(50)35-31-21-22-46(24-28-17-19-29(52-7)20-18-28)34(36(31)55-39(35)45-38(49)41(51)54-43(4,5)6)23-44-37(48)32-26-47(25-27-13-9-8-10-14-27)33-16-12-11-15-30(32)33/h8-20,26,34H,21-25H2,1-7H3,(H,44,48)(H,45,49). The van der Waals surface area contributed by atoms with Gasteiger partial charge in [0.05, 0.1) is 24.3 Å². The second kappa shape index (κ2) is 16.1. The molecule has 0 radical (unpaired) electrons. The highest BCUT2D eigenvalue weighted by atomic mass is 32.1. The zero-order valence-corrected chi connectivity index (χ0v) is 33.2. The monoisotopic (exact) mass is 764 g/mol. The van der Waals surface area contributed by atoms with Gasteiger partial charge in [0.2, 0.25) is 0 Å². The molecule has 0 saturated carbocycles. The van der Waals surface area contributed by atoms with Crippen LogP contribution in [-0.4, -0.2) is 64.6 Å². The lowest BCUT2D eigenvalue weighted by molar-refractivity contribution is -0.161. The van der Waals surface area contributed by atoms with E-state index in [1.165, 1.54) is 11.3 Å². The summed E-state index contributed by atoms with van der Waals surface area (Å²) in [5.74, 6) is -2.16. The minimum Gasteiger partial charge on any atom is -0.497 e. The second-order valence-electron chi connectivity index (χ2n) is 15.6. The number of benzene rings is 3. The molecule has 0 fully saturated rings. The molecule has 1 unspecified atom stereocenters. The van der Waals surface area contributed by atoms with Crippen molar-refractivity contribution in [2.24, 2.45) is 0 Å². The number of thiophene rings is 1. The van der Waals surface area contributed by atoms with Crippen molar-refractivity contribution in [1.82, 2.24) is 14.8 Å². The van der Waals surface area contributed by atoms with Crippen LogP contribution in [0.2, 0.25) is 0 Å². The van der Waals surface area contributed by atoms with Gasteiger partial charge < -0.3 is 29.4 Å². The molecule has 3 heterocycles. The first-order valence-electron chi connectivity index (χ1n) is 18.3. The van der Waals surface area contributed by atoms with Crippen LogP contribution >= 0.6 is 11.3 Å². The van der Waals surface area contributed by atoms with Crippen LogP contribution in [0.15, 0.2) is 85.1 Å². The van der Waals surface area contributed by atoms with Crippen LogP contribution in [0, 0.1) is 0 Å². The van der Waals surface area contributed by atoms with E-state index in [0.29, 0.717) is 37.2 Å². The van der Waals surface area contributed by atoms with E-state index in [4.69, 9.17) is 14.2 Å². The van der Waals surface area contributed by atoms with Crippen LogP contribution < -0.4 is 15.4 Å². The molecule has 1 aliphatic rings. The SMILES string of the molecule is COc1ccc(CN2CCc3c(sc(NC(=O)C(=O)OC(C)(C)C)c3C(=O)OC(C)(C)C)C2CNC(=O)c2cn(Cc3ccccc3)c3ccccc23)cc1. The third-order valence-electron chi connectivity index (χ3n) is 9.07. The van der Waals surface area contributed by atoms with E-state index in [1.54, 1.807) is 48.7 Å². The van der Waals surface area contributed by atoms with Crippen LogP contribution in [0.4, 0.5) is 5.00 Å². The summed E-state index contributed by atoms with van der Waals surface area (Å²) < 4.78 is 18.6. The molecule has 0 saturated heterocycles. The first-order chi connectivity index (χ1) is 26.1. The molecule has 1 aliphatic heterocycles. The number of amides is 2. The predicted octanol–water partition coefficient (Wildman–Crippen LogP) is 7.52. The summed E-state index contributed by atoms with van der Waals surface area (Å²) in [5, 5.41) is 6.91. The van der Waals surface area contributed by atoms with Crippen LogP contribution in [-0.2, 0) is 38.6 Å². The highest BCUT2D eigenvalue weighted by Crippen LogP contribution is 2.44. The maximum absolute atomic E-state index is 14.2. The molecule has 5 aromatic rings. The average Bonchev–Trinajstić information content (AvgIpc) is 3.68. The Bertz CT molecular complexity index is 2190. The quantitative estimate of drug-likeness (QED) is 0.110.